The van der Waals surface area contributed by atoms with Gasteiger partial charge < -0.3 is 5.32 Å². The average Bonchev–Trinajstić information content (AvgIpc) is 2.91. The molecule has 1 aromatic rings. The van der Waals surface area contributed by atoms with Gasteiger partial charge in [0.1, 0.15) is 0 Å². The van der Waals surface area contributed by atoms with Gasteiger partial charge in [-0.3, -0.25) is 9.59 Å². The fourth-order valence-electron chi connectivity index (χ4n) is 2.43. The lowest BCUT2D eigenvalue weighted by Gasteiger charge is -2.16. The molecule has 1 N–H and O–H groups in total. The van der Waals surface area contributed by atoms with Crippen molar-refractivity contribution in [3.8, 4) is 0 Å². The number of hydrogen-bond donors (Lipinski definition) is 1. The molecule has 3 nitrogen and oxygen atoms in total. The Hall–Kier alpha value is -1.29. The lowest BCUT2D eigenvalue weighted by Crippen LogP contribution is -2.24. The summed E-state index contributed by atoms with van der Waals surface area (Å²) in [7, 11) is 0. The second-order valence-corrected chi connectivity index (χ2v) is 6.96. The quantitative estimate of drug-likeness (QED) is 0.837. The predicted octanol–water partition coefficient (Wildman–Crippen LogP) is 3.89. The molecule has 0 saturated heterocycles. The molecule has 1 aromatic carbocycles. The Labute approximate surface area is 124 Å². The van der Waals surface area contributed by atoms with Gasteiger partial charge in [-0.2, -0.15) is 0 Å². The summed E-state index contributed by atoms with van der Waals surface area (Å²) in [5.41, 5.74) is 1.32. The Balaban J connectivity index is 1.92. The number of rotatable bonds is 5. The van der Waals surface area contributed by atoms with Gasteiger partial charge in [0, 0.05) is 16.5 Å². The molecule has 1 aliphatic rings. The molecule has 20 heavy (non-hydrogen) atoms. The fraction of sp³-hybridized carbons (Fsp3) is 0.500. The van der Waals surface area contributed by atoms with E-state index < -0.39 is 0 Å². The minimum Gasteiger partial charge on any atom is -0.325 e. The Bertz CT molecular complexity index is 495. The van der Waals surface area contributed by atoms with Crippen LogP contribution in [0, 0.1) is 0 Å². The second-order valence-electron chi connectivity index (χ2n) is 5.31. The third-order valence-electron chi connectivity index (χ3n) is 3.60. The highest BCUT2D eigenvalue weighted by Crippen LogP contribution is 2.32. The van der Waals surface area contributed by atoms with Crippen molar-refractivity contribution in [1.82, 2.24) is 0 Å². The molecule has 0 unspecified atom stereocenters. The largest absolute Gasteiger partial charge is 0.325 e. The first-order chi connectivity index (χ1) is 9.56. The molecule has 0 aliphatic heterocycles. The number of carbonyl (C=O) groups is 2. The van der Waals surface area contributed by atoms with E-state index in [1.165, 1.54) is 32.6 Å². The minimum absolute atomic E-state index is 0.00878. The van der Waals surface area contributed by atoms with Crippen LogP contribution in [-0.4, -0.2) is 22.2 Å². The first-order valence-electron chi connectivity index (χ1n) is 7.13. The fourth-order valence-corrected chi connectivity index (χ4v) is 3.80. The van der Waals surface area contributed by atoms with Gasteiger partial charge in [-0.1, -0.05) is 25.0 Å². The molecule has 1 amide bonds. The first-order valence-corrected chi connectivity index (χ1v) is 8.08. The lowest BCUT2D eigenvalue weighted by molar-refractivity contribution is -0.115. The van der Waals surface area contributed by atoms with Crippen LogP contribution in [0.3, 0.4) is 0 Å². The minimum atomic E-state index is -0.0564. The molecule has 108 valence electrons. The van der Waals surface area contributed by atoms with Crippen LogP contribution in [0.4, 0.5) is 5.69 Å². The van der Waals surface area contributed by atoms with Crippen molar-refractivity contribution in [3.05, 3.63) is 29.8 Å². The molecule has 1 saturated carbocycles. The summed E-state index contributed by atoms with van der Waals surface area (Å²) in [4.78, 5) is 23.5. The number of benzene rings is 1. The van der Waals surface area contributed by atoms with E-state index in [9.17, 15) is 9.59 Å². The van der Waals surface area contributed by atoms with Crippen LogP contribution in [-0.2, 0) is 4.79 Å². The van der Waals surface area contributed by atoms with E-state index in [4.69, 9.17) is 0 Å². The molecule has 1 fully saturated rings. The van der Waals surface area contributed by atoms with E-state index in [0.717, 1.165) is 0 Å². The maximum atomic E-state index is 12.2. The van der Waals surface area contributed by atoms with Crippen LogP contribution in [0.2, 0.25) is 0 Å². The number of hydrogen-bond acceptors (Lipinski definition) is 3. The van der Waals surface area contributed by atoms with E-state index in [2.05, 4.69) is 5.32 Å². The summed E-state index contributed by atoms with van der Waals surface area (Å²) in [6.07, 6.45) is 5.02. The van der Waals surface area contributed by atoms with Crippen LogP contribution in [0.25, 0.3) is 0 Å². The van der Waals surface area contributed by atoms with Crippen molar-refractivity contribution in [2.75, 3.05) is 5.32 Å². The summed E-state index contributed by atoms with van der Waals surface area (Å²) in [5.74, 6) is 0.0251. The smallest absolute Gasteiger partial charge is 0.237 e. The standard InChI is InChI=1S/C16H21NO2S/c1-11(18)13-6-5-7-14(10-13)17-16(19)12(2)20-15-8-3-4-9-15/h5-7,10,12,15H,3-4,8-9H2,1-2H3,(H,17,19)/t12-/m1/s1. The van der Waals surface area contributed by atoms with Gasteiger partial charge in [0.2, 0.25) is 5.91 Å². The second kappa shape index (κ2) is 6.93. The van der Waals surface area contributed by atoms with Crippen LogP contribution in [0.5, 0.6) is 0 Å². The maximum absolute atomic E-state index is 12.2. The van der Waals surface area contributed by atoms with Crippen molar-refractivity contribution >= 4 is 29.1 Å². The molecule has 0 spiro atoms. The zero-order valence-electron chi connectivity index (χ0n) is 12.0. The molecule has 0 radical (unpaired) electrons. The van der Waals surface area contributed by atoms with Crippen LogP contribution < -0.4 is 5.32 Å². The average molecular weight is 291 g/mol. The molecule has 2 rings (SSSR count). The van der Waals surface area contributed by atoms with E-state index >= 15 is 0 Å². The van der Waals surface area contributed by atoms with Crippen LogP contribution in [0.1, 0.15) is 49.9 Å². The molecule has 0 aromatic heterocycles. The predicted molar refractivity (Wildman–Crippen MR) is 84.4 cm³/mol. The van der Waals surface area contributed by atoms with Gasteiger partial charge in [0.05, 0.1) is 5.25 Å². The molecule has 4 heteroatoms. The van der Waals surface area contributed by atoms with Crippen molar-refractivity contribution in [2.45, 2.75) is 50.0 Å². The Morgan fingerprint density at radius 2 is 2.00 bits per heavy atom. The molecular formula is C16H21NO2S. The van der Waals surface area contributed by atoms with Gasteiger partial charge in [-0.05, 0) is 38.8 Å². The maximum Gasteiger partial charge on any atom is 0.237 e. The van der Waals surface area contributed by atoms with Gasteiger partial charge in [0.25, 0.3) is 0 Å². The third kappa shape index (κ3) is 4.10. The van der Waals surface area contributed by atoms with Gasteiger partial charge in [0.15, 0.2) is 5.78 Å². The van der Waals surface area contributed by atoms with Crippen LogP contribution in [0.15, 0.2) is 24.3 Å². The molecule has 0 bridgehead atoms. The molecule has 1 aliphatic carbocycles. The highest BCUT2D eigenvalue weighted by atomic mass is 32.2. The number of Topliss-reactive ketones (excluding diaryl/α,β-unsaturated/α-hetero) is 1. The summed E-state index contributed by atoms with van der Waals surface area (Å²) >= 11 is 1.77. The topological polar surface area (TPSA) is 46.2 Å². The highest BCUT2D eigenvalue weighted by molar-refractivity contribution is 8.01. The Kier molecular flexibility index (Phi) is 5.24. The van der Waals surface area contributed by atoms with Crippen molar-refractivity contribution in [3.63, 3.8) is 0 Å². The first kappa shape index (κ1) is 15.1. The van der Waals surface area contributed by atoms with Crippen molar-refractivity contribution in [2.24, 2.45) is 0 Å². The van der Waals surface area contributed by atoms with E-state index in [0.29, 0.717) is 16.5 Å². The number of carbonyl (C=O) groups excluding carboxylic acids is 2. The number of nitrogens with one attached hydrogen (secondary N) is 1. The summed E-state index contributed by atoms with van der Waals surface area (Å²) in [6.45, 7) is 3.48. The number of ketones is 1. The zero-order chi connectivity index (χ0) is 14.5. The lowest BCUT2D eigenvalue weighted by atomic mass is 10.1. The number of anilines is 1. The van der Waals surface area contributed by atoms with E-state index in [1.54, 1.807) is 30.0 Å². The molecule has 1 atom stereocenters. The zero-order valence-corrected chi connectivity index (χ0v) is 12.8. The van der Waals surface area contributed by atoms with Crippen LogP contribution >= 0.6 is 11.8 Å². The summed E-state index contributed by atoms with van der Waals surface area (Å²) in [5, 5.41) is 3.47. The SMILES string of the molecule is CC(=O)c1cccc(NC(=O)[C@@H](C)SC2CCCC2)c1. The Morgan fingerprint density at radius 3 is 2.65 bits per heavy atom. The summed E-state index contributed by atoms with van der Waals surface area (Å²) < 4.78 is 0. The molecule has 0 heterocycles. The van der Waals surface area contributed by atoms with E-state index in [1.807, 2.05) is 13.0 Å². The number of thioether (sulfide) groups is 1. The van der Waals surface area contributed by atoms with Crippen molar-refractivity contribution < 1.29 is 9.59 Å². The monoisotopic (exact) mass is 291 g/mol. The third-order valence-corrected chi connectivity index (χ3v) is 5.08. The van der Waals surface area contributed by atoms with Gasteiger partial charge in [-0.15, -0.1) is 11.8 Å². The van der Waals surface area contributed by atoms with E-state index in [-0.39, 0.29) is 16.9 Å². The van der Waals surface area contributed by atoms with Gasteiger partial charge >= 0.3 is 0 Å². The normalized spacial score (nSPS) is 16.9. The summed E-state index contributed by atoms with van der Waals surface area (Å²) in [6, 6.07) is 7.10. The molecular weight excluding hydrogens is 270 g/mol. The number of amides is 1. The van der Waals surface area contributed by atoms with Gasteiger partial charge in [-0.25, -0.2) is 0 Å². The highest BCUT2D eigenvalue weighted by Gasteiger charge is 2.22. The Morgan fingerprint density at radius 1 is 1.30 bits per heavy atom. The van der Waals surface area contributed by atoms with Crippen molar-refractivity contribution in [1.29, 1.82) is 0 Å².